The van der Waals surface area contributed by atoms with Crippen molar-refractivity contribution in [2.24, 2.45) is 5.10 Å². The van der Waals surface area contributed by atoms with E-state index in [2.05, 4.69) is 26.5 Å². The number of aryl methyl sites for hydroxylation is 1. The Kier molecular flexibility index (Phi) is 11.2. The average molecular weight is 740 g/mol. The van der Waals surface area contributed by atoms with Gasteiger partial charge >= 0.3 is 0 Å². The van der Waals surface area contributed by atoms with E-state index in [4.69, 9.17) is 44.3 Å². The smallest absolute Gasteiger partial charge is 0.264 e. The zero-order valence-corrected chi connectivity index (χ0v) is 28.4. The summed E-state index contributed by atoms with van der Waals surface area (Å²) in [5.74, 6) is 0.205. The molecule has 44 heavy (non-hydrogen) atoms. The number of benzene rings is 4. The molecule has 4 rings (SSSR count). The number of hydrogen-bond donors (Lipinski definition) is 1. The van der Waals surface area contributed by atoms with E-state index >= 15 is 0 Å². The second-order valence-electron chi connectivity index (χ2n) is 9.57. The van der Waals surface area contributed by atoms with E-state index in [0.717, 1.165) is 15.4 Å². The molecule has 0 saturated carbocycles. The van der Waals surface area contributed by atoms with Gasteiger partial charge in [-0.2, -0.15) is 5.10 Å². The molecule has 0 aliphatic rings. The van der Waals surface area contributed by atoms with Crippen LogP contribution in [0.4, 0.5) is 5.69 Å². The van der Waals surface area contributed by atoms with Crippen LogP contribution in [0, 0.1) is 13.8 Å². The topological polar surface area (TPSA) is 97.3 Å². The van der Waals surface area contributed by atoms with Crippen molar-refractivity contribution in [3.8, 4) is 11.5 Å². The Hall–Kier alpha value is -3.28. The molecular formula is C31H27BrCl3N3O5S. The predicted octanol–water partition coefficient (Wildman–Crippen LogP) is 7.96. The Bertz CT molecular complexity index is 1820. The lowest BCUT2D eigenvalue weighted by atomic mass is 10.2. The zero-order chi connectivity index (χ0) is 32.0. The minimum atomic E-state index is -4.12. The second-order valence-corrected chi connectivity index (χ2v) is 13.5. The molecule has 8 nitrogen and oxygen atoms in total. The summed E-state index contributed by atoms with van der Waals surface area (Å²) in [7, 11) is -2.62. The number of nitrogens with zero attached hydrogens (tertiary/aromatic N) is 2. The SMILES string of the molecule is COc1cc(/C=N\NC(=O)CN(c2cccc(Cl)c2C)S(=O)(=O)c2ccc(C)cc2)cc(Br)c1OCc1ccc(Cl)c(Cl)c1. The number of carbonyl (C=O) groups is 1. The van der Waals surface area contributed by atoms with Crippen molar-refractivity contribution in [3.05, 3.63) is 115 Å². The van der Waals surface area contributed by atoms with Gasteiger partial charge in [0.05, 0.1) is 38.4 Å². The number of hydrogen-bond acceptors (Lipinski definition) is 6. The molecule has 0 fully saturated rings. The summed E-state index contributed by atoms with van der Waals surface area (Å²) in [4.78, 5) is 13.1. The molecule has 13 heteroatoms. The first kappa shape index (κ1) is 33.6. The minimum Gasteiger partial charge on any atom is -0.493 e. The molecule has 0 aliphatic carbocycles. The van der Waals surface area contributed by atoms with E-state index in [1.807, 2.05) is 6.92 Å². The maximum atomic E-state index is 13.7. The van der Waals surface area contributed by atoms with Gasteiger partial charge in [0, 0.05) is 5.02 Å². The zero-order valence-electron chi connectivity index (χ0n) is 23.8. The highest BCUT2D eigenvalue weighted by Crippen LogP contribution is 2.37. The first-order valence-corrected chi connectivity index (χ1v) is 16.4. The highest BCUT2D eigenvalue weighted by molar-refractivity contribution is 9.10. The first-order chi connectivity index (χ1) is 20.9. The van der Waals surface area contributed by atoms with Crippen molar-refractivity contribution < 1.29 is 22.7 Å². The van der Waals surface area contributed by atoms with Crippen molar-refractivity contribution in [2.75, 3.05) is 18.0 Å². The number of ether oxygens (including phenoxy) is 2. The van der Waals surface area contributed by atoms with Gasteiger partial charge in [0.25, 0.3) is 15.9 Å². The number of sulfonamides is 1. The average Bonchev–Trinajstić information content (AvgIpc) is 2.98. The maximum Gasteiger partial charge on any atom is 0.264 e. The van der Waals surface area contributed by atoms with Crippen LogP contribution in [0.5, 0.6) is 11.5 Å². The van der Waals surface area contributed by atoms with Crippen molar-refractivity contribution in [1.82, 2.24) is 5.43 Å². The molecule has 1 amide bonds. The molecule has 230 valence electrons. The van der Waals surface area contributed by atoms with Gasteiger partial charge in [-0.15, -0.1) is 0 Å². The molecule has 0 heterocycles. The van der Waals surface area contributed by atoms with Crippen molar-refractivity contribution in [1.29, 1.82) is 0 Å². The summed E-state index contributed by atoms with van der Waals surface area (Å²) in [6.45, 7) is 3.22. The molecule has 0 aromatic heterocycles. The summed E-state index contributed by atoms with van der Waals surface area (Å²) in [5, 5.41) is 5.28. The van der Waals surface area contributed by atoms with E-state index in [1.54, 1.807) is 67.6 Å². The lowest BCUT2D eigenvalue weighted by molar-refractivity contribution is -0.119. The summed E-state index contributed by atoms with van der Waals surface area (Å²) in [6, 6.07) is 19.9. The highest BCUT2D eigenvalue weighted by Gasteiger charge is 2.28. The third kappa shape index (κ3) is 8.05. The molecule has 1 N–H and O–H groups in total. The van der Waals surface area contributed by atoms with Gasteiger partial charge in [-0.3, -0.25) is 9.10 Å². The molecule has 0 radical (unpaired) electrons. The van der Waals surface area contributed by atoms with Crippen LogP contribution in [-0.4, -0.2) is 34.2 Å². The van der Waals surface area contributed by atoms with Crippen molar-refractivity contribution in [3.63, 3.8) is 0 Å². The summed E-state index contributed by atoms with van der Waals surface area (Å²) in [6.07, 6.45) is 1.40. The Morgan fingerprint density at radius 2 is 1.70 bits per heavy atom. The number of amides is 1. The lowest BCUT2D eigenvalue weighted by Crippen LogP contribution is -2.40. The monoisotopic (exact) mass is 737 g/mol. The largest absolute Gasteiger partial charge is 0.493 e. The number of methoxy groups -OCH3 is 1. The van der Waals surface area contributed by atoms with Gasteiger partial charge < -0.3 is 9.47 Å². The summed E-state index contributed by atoms with van der Waals surface area (Å²) in [5.41, 5.74) is 5.49. The number of rotatable bonds is 11. The van der Waals surface area contributed by atoms with Gasteiger partial charge in [-0.25, -0.2) is 13.8 Å². The van der Waals surface area contributed by atoms with Gasteiger partial charge in [0.15, 0.2) is 11.5 Å². The normalized spacial score (nSPS) is 11.4. The Morgan fingerprint density at radius 1 is 0.977 bits per heavy atom. The van der Waals surface area contributed by atoms with Crippen LogP contribution in [0.15, 0.2) is 87.3 Å². The van der Waals surface area contributed by atoms with Crippen LogP contribution < -0.4 is 19.2 Å². The Morgan fingerprint density at radius 3 is 2.39 bits per heavy atom. The molecule has 0 spiro atoms. The third-order valence-corrected chi connectivity index (χ3v) is 9.94. The van der Waals surface area contributed by atoms with Crippen LogP contribution in [0.25, 0.3) is 0 Å². The number of carbonyl (C=O) groups excluding carboxylic acids is 1. The highest BCUT2D eigenvalue weighted by atomic mass is 79.9. The van der Waals surface area contributed by atoms with Crippen LogP contribution >= 0.6 is 50.7 Å². The number of halogens is 4. The molecular weight excluding hydrogens is 713 g/mol. The Labute approximate surface area is 279 Å². The van der Waals surface area contributed by atoms with E-state index in [9.17, 15) is 13.2 Å². The van der Waals surface area contributed by atoms with Crippen molar-refractivity contribution in [2.45, 2.75) is 25.3 Å². The van der Waals surface area contributed by atoms with E-state index in [0.29, 0.717) is 42.2 Å². The fraction of sp³-hybridized carbons (Fsp3) is 0.161. The first-order valence-electron chi connectivity index (χ1n) is 13.0. The molecule has 0 aliphatic heterocycles. The molecule has 0 bridgehead atoms. The molecule has 0 unspecified atom stereocenters. The maximum absolute atomic E-state index is 13.7. The lowest BCUT2D eigenvalue weighted by Gasteiger charge is -2.25. The van der Waals surface area contributed by atoms with Crippen LogP contribution in [-0.2, 0) is 21.4 Å². The number of nitrogens with one attached hydrogen (secondary N) is 1. The van der Waals surface area contributed by atoms with Crippen LogP contribution in [0.3, 0.4) is 0 Å². The number of hydrazone groups is 1. The fourth-order valence-electron chi connectivity index (χ4n) is 4.09. The minimum absolute atomic E-state index is 0.0391. The number of anilines is 1. The summed E-state index contributed by atoms with van der Waals surface area (Å²) >= 11 is 21.9. The fourth-order valence-corrected chi connectivity index (χ4v) is 6.63. The van der Waals surface area contributed by atoms with Gasteiger partial charge in [0.2, 0.25) is 0 Å². The summed E-state index contributed by atoms with van der Waals surface area (Å²) < 4.78 is 40.4. The predicted molar refractivity (Wildman–Crippen MR) is 179 cm³/mol. The van der Waals surface area contributed by atoms with E-state index < -0.39 is 22.5 Å². The molecule has 4 aromatic carbocycles. The third-order valence-electron chi connectivity index (χ3n) is 6.43. The standard InChI is InChI=1S/C31H27BrCl3N3O5S/c1-19-7-10-23(11-8-19)44(40,41)38(28-6-4-5-25(33)20(28)2)17-30(39)37-36-16-22-13-24(32)31(29(15-22)42-3)43-18-21-9-12-26(34)27(35)14-21/h4-16H,17-18H2,1-3H3,(H,37,39)/b36-16-. The van der Waals surface area contributed by atoms with Crippen LogP contribution in [0.2, 0.25) is 15.1 Å². The molecule has 4 aromatic rings. The van der Waals surface area contributed by atoms with E-state index in [1.165, 1.54) is 25.5 Å². The molecule has 0 atom stereocenters. The van der Waals surface area contributed by atoms with E-state index in [-0.39, 0.29) is 17.2 Å². The quantitative estimate of drug-likeness (QED) is 0.124. The van der Waals surface area contributed by atoms with Crippen molar-refractivity contribution >= 4 is 78.6 Å². The van der Waals surface area contributed by atoms with Gasteiger partial charge in [-0.1, -0.05) is 64.6 Å². The second kappa shape index (κ2) is 14.7. The molecule has 0 saturated heterocycles. The van der Waals surface area contributed by atoms with Gasteiger partial charge in [0.1, 0.15) is 13.2 Å². The van der Waals surface area contributed by atoms with Gasteiger partial charge in [-0.05, 0) is 95.0 Å². The Balaban J connectivity index is 1.51. The van der Waals surface area contributed by atoms with Crippen LogP contribution in [0.1, 0.15) is 22.3 Å².